The van der Waals surface area contributed by atoms with Gasteiger partial charge in [-0.05, 0) is 18.9 Å². The topological polar surface area (TPSA) is 72.6 Å². The molecule has 0 aliphatic heterocycles. The smallest absolute Gasteiger partial charge is 0.216 e. The number of nitrogens with zero attached hydrogens (tertiary/aromatic N) is 1. The minimum atomic E-state index is -3.20. The number of ether oxygens (including phenoxy) is 1. The molecule has 0 fully saturated rings. The normalized spacial score (nSPS) is 12.6. The van der Waals surface area contributed by atoms with Crippen molar-refractivity contribution in [3.8, 4) is 0 Å². The molecule has 0 heterocycles. The summed E-state index contributed by atoms with van der Waals surface area (Å²) in [5.74, 6) is 0.357. The first-order valence-electron chi connectivity index (χ1n) is 5.61. The summed E-state index contributed by atoms with van der Waals surface area (Å²) in [5.41, 5.74) is 5.40. The maximum Gasteiger partial charge on any atom is 0.216 e. The van der Waals surface area contributed by atoms with Gasteiger partial charge in [0.05, 0.1) is 12.4 Å². The van der Waals surface area contributed by atoms with Crippen LogP contribution in [0.4, 0.5) is 0 Å². The molecule has 16 heavy (non-hydrogen) atoms. The van der Waals surface area contributed by atoms with Gasteiger partial charge in [-0.2, -0.15) is 0 Å². The molecule has 0 aromatic rings. The first kappa shape index (κ1) is 15.8. The maximum absolute atomic E-state index is 11.9. The summed E-state index contributed by atoms with van der Waals surface area (Å²) in [4.78, 5) is 0. The van der Waals surface area contributed by atoms with Crippen LogP contribution in [-0.2, 0) is 14.8 Å². The Labute approximate surface area is 99.0 Å². The van der Waals surface area contributed by atoms with Gasteiger partial charge >= 0.3 is 0 Å². The van der Waals surface area contributed by atoms with Gasteiger partial charge in [0.2, 0.25) is 10.0 Å². The molecule has 0 aliphatic rings. The van der Waals surface area contributed by atoms with Crippen LogP contribution in [0.2, 0.25) is 0 Å². The largest absolute Gasteiger partial charge is 0.384 e. The monoisotopic (exact) mass is 252 g/mol. The summed E-state index contributed by atoms with van der Waals surface area (Å²) in [6, 6.07) is 0. The van der Waals surface area contributed by atoms with Crippen molar-refractivity contribution in [3.05, 3.63) is 0 Å². The summed E-state index contributed by atoms with van der Waals surface area (Å²) < 4.78 is 30.2. The van der Waals surface area contributed by atoms with Gasteiger partial charge in [-0.1, -0.05) is 13.8 Å². The van der Waals surface area contributed by atoms with E-state index >= 15 is 0 Å². The van der Waals surface area contributed by atoms with E-state index in [1.807, 2.05) is 13.8 Å². The fraction of sp³-hybridized carbons (Fsp3) is 1.00. The van der Waals surface area contributed by atoms with Crippen molar-refractivity contribution in [1.29, 1.82) is 0 Å². The molecule has 0 saturated carbocycles. The number of methoxy groups -OCH3 is 1. The van der Waals surface area contributed by atoms with Crippen LogP contribution in [0.25, 0.3) is 0 Å². The van der Waals surface area contributed by atoms with E-state index in [9.17, 15) is 8.42 Å². The first-order chi connectivity index (χ1) is 7.44. The molecule has 0 rings (SSSR count). The molecule has 6 heteroatoms. The Morgan fingerprint density at radius 2 is 2.00 bits per heavy atom. The molecule has 0 aliphatic carbocycles. The van der Waals surface area contributed by atoms with Crippen molar-refractivity contribution in [2.24, 2.45) is 11.7 Å². The minimum Gasteiger partial charge on any atom is -0.384 e. The zero-order chi connectivity index (χ0) is 12.6. The van der Waals surface area contributed by atoms with E-state index in [4.69, 9.17) is 10.5 Å². The van der Waals surface area contributed by atoms with Gasteiger partial charge < -0.3 is 10.5 Å². The number of sulfonamides is 1. The Morgan fingerprint density at radius 3 is 2.44 bits per heavy atom. The van der Waals surface area contributed by atoms with Crippen molar-refractivity contribution in [3.63, 3.8) is 0 Å². The first-order valence-corrected chi connectivity index (χ1v) is 7.21. The number of hydrogen-bond acceptors (Lipinski definition) is 4. The number of rotatable bonds is 9. The van der Waals surface area contributed by atoms with E-state index in [0.29, 0.717) is 32.0 Å². The van der Waals surface area contributed by atoms with E-state index in [0.717, 1.165) is 0 Å². The van der Waals surface area contributed by atoms with Gasteiger partial charge in [-0.25, -0.2) is 12.7 Å². The summed E-state index contributed by atoms with van der Waals surface area (Å²) in [6.45, 7) is 5.79. The average Bonchev–Trinajstić information content (AvgIpc) is 2.20. The lowest BCUT2D eigenvalue weighted by Gasteiger charge is -2.23. The molecule has 0 atom stereocenters. The third kappa shape index (κ3) is 6.42. The second kappa shape index (κ2) is 8.00. The molecule has 0 aromatic heterocycles. The fourth-order valence-electron chi connectivity index (χ4n) is 1.34. The van der Waals surface area contributed by atoms with Crippen molar-refractivity contribution in [1.82, 2.24) is 4.31 Å². The van der Waals surface area contributed by atoms with Gasteiger partial charge in [-0.15, -0.1) is 0 Å². The summed E-state index contributed by atoms with van der Waals surface area (Å²) in [6.07, 6.45) is 0.693. The van der Waals surface area contributed by atoms with Gasteiger partial charge in [0, 0.05) is 20.2 Å². The highest BCUT2D eigenvalue weighted by Gasteiger charge is 2.21. The Balaban J connectivity index is 4.46. The third-order valence-electron chi connectivity index (χ3n) is 2.12. The quantitative estimate of drug-likeness (QED) is 0.639. The SMILES string of the molecule is COCCS(=O)(=O)N(CCCN)CC(C)C. The molecule has 5 nitrogen and oxygen atoms in total. The minimum absolute atomic E-state index is 0.0425. The molecule has 0 aromatic carbocycles. The van der Waals surface area contributed by atoms with Crippen molar-refractivity contribution in [2.45, 2.75) is 20.3 Å². The number of hydrogen-bond donors (Lipinski definition) is 1. The maximum atomic E-state index is 11.9. The van der Waals surface area contributed by atoms with Crippen LogP contribution in [0.5, 0.6) is 0 Å². The Hall–Kier alpha value is -0.170. The molecule has 0 bridgehead atoms. The molecule has 0 spiro atoms. The van der Waals surface area contributed by atoms with Crippen LogP contribution in [0.15, 0.2) is 0 Å². The van der Waals surface area contributed by atoms with E-state index in [1.54, 1.807) is 0 Å². The van der Waals surface area contributed by atoms with Crippen LogP contribution in [0, 0.1) is 5.92 Å². The van der Waals surface area contributed by atoms with Crippen molar-refractivity contribution >= 4 is 10.0 Å². The van der Waals surface area contributed by atoms with Crippen LogP contribution < -0.4 is 5.73 Å². The highest BCUT2D eigenvalue weighted by molar-refractivity contribution is 7.89. The van der Waals surface area contributed by atoms with E-state index < -0.39 is 10.0 Å². The third-order valence-corrected chi connectivity index (χ3v) is 3.92. The molecular weight excluding hydrogens is 228 g/mol. The van der Waals surface area contributed by atoms with Gasteiger partial charge in [0.1, 0.15) is 0 Å². The Bertz CT molecular complexity index is 265. The molecular formula is C10H24N2O3S. The van der Waals surface area contributed by atoms with E-state index in [2.05, 4.69) is 0 Å². The lowest BCUT2D eigenvalue weighted by molar-refractivity contribution is 0.215. The zero-order valence-electron chi connectivity index (χ0n) is 10.5. The summed E-state index contributed by atoms with van der Waals surface area (Å²) in [7, 11) is -1.70. The molecule has 98 valence electrons. The lowest BCUT2D eigenvalue weighted by Crippen LogP contribution is -2.38. The fourth-order valence-corrected chi connectivity index (χ4v) is 2.90. The molecule has 0 radical (unpaired) electrons. The summed E-state index contributed by atoms with van der Waals surface area (Å²) >= 11 is 0. The Morgan fingerprint density at radius 1 is 1.38 bits per heavy atom. The van der Waals surface area contributed by atoms with E-state index in [1.165, 1.54) is 11.4 Å². The van der Waals surface area contributed by atoms with Gasteiger partial charge in [-0.3, -0.25) is 0 Å². The molecule has 0 saturated heterocycles. The number of nitrogens with two attached hydrogens (primary N) is 1. The van der Waals surface area contributed by atoms with Gasteiger partial charge in [0.25, 0.3) is 0 Å². The second-order valence-electron chi connectivity index (χ2n) is 4.20. The predicted molar refractivity (Wildman–Crippen MR) is 65.7 cm³/mol. The molecule has 0 amide bonds. The van der Waals surface area contributed by atoms with Crippen molar-refractivity contribution < 1.29 is 13.2 Å². The summed E-state index contributed by atoms with van der Waals surface area (Å²) in [5, 5.41) is 0. The molecule has 0 unspecified atom stereocenters. The van der Waals surface area contributed by atoms with Crippen LogP contribution in [0.3, 0.4) is 0 Å². The average molecular weight is 252 g/mol. The van der Waals surface area contributed by atoms with Crippen LogP contribution in [-0.4, -0.2) is 51.8 Å². The highest BCUT2D eigenvalue weighted by atomic mass is 32.2. The molecule has 2 N–H and O–H groups in total. The zero-order valence-corrected chi connectivity index (χ0v) is 11.3. The second-order valence-corrected chi connectivity index (χ2v) is 6.29. The van der Waals surface area contributed by atoms with E-state index in [-0.39, 0.29) is 12.4 Å². The van der Waals surface area contributed by atoms with Crippen molar-refractivity contribution in [2.75, 3.05) is 39.1 Å². The standard InChI is InChI=1S/C10H24N2O3S/c1-10(2)9-12(6-4-5-11)16(13,14)8-7-15-3/h10H,4-9,11H2,1-3H3. The predicted octanol–water partition coefficient (Wildman–Crippen LogP) is 0.269. The van der Waals surface area contributed by atoms with Crippen LogP contribution >= 0.6 is 0 Å². The highest BCUT2D eigenvalue weighted by Crippen LogP contribution is 2.07. The van der Waals surface area contributed by atoms with Crippen LogP contribution in [0.1, 0.15) is 20.3 Å². The van der Waals surface area contributed by atoms with Gasteiger partial charge in [0.15, 0.2) is 0 Å². The lowest BCUT2D eigenvalue weighted by atomic mass is 10.2. The Kier molecular flexibility index (Phi) is 7.91.